The zero-order valence-corrected chi connectivity index (χ0v) is 10.6. The quantitative estimate of drug-likeness (QED) is 0.501. The highest BCUT2D eigenvalue weighted by Gasteiger charge is 2.15. The van der Waals surface area contributed by atoms with Gasteiger partial charge in [-0.3, -0.25) is 4.79 Å². The van der Waals surface area contributed by atoms with E-state index in [2.05, 4.69) is 0 Å². The minimum atomic E-state index is -0.698. The Labute approximate surface area is 119 Å². The highest BCUT2D eigenvalue weighted by Crippen LogP contribution is 2.32. The van der Waals surface area contributed by atoms with Crippen LogP contribution in [-0.4, -0.2) is 26.2 Å². The maximum atomic E-state index is 11.9. The van der Waals surface area contributed by atoms with Crippen LogP contribution in [0.5, 0.6) is 28.7 Å². The van der Waals surface area contributed by atoms with Crippen LogP contribution < -0.4 is 5.11 Å². The molecule has 0 saturated heterocycles. The number of aromatic hydroxyl groups is 4. The van der Waals surface area contributed by atoms with Gasteiger partial charge in [0.2, 0.25) is 0 Å². The predicted octanol–water partition coefficient (Wildman–Crippen LogP) is 1.48. The van der Waals surface area contributed by atoms with Gasteiger partial charge >= 0.3 is 0 Å². The van der Waals surface area contributed by atoms with E-state index in [4.69, 9.17) is 5.11 Å². The molecule has 4 N–H and O–H groups in total. The van der Waals surface area contributed by atoms with Gasteiger partial charge in [-0.05, 0) is 17.7 Å². The first-order valence-corrected chi connectivity index (χ1v) is 5.86. The fourth-order valence-electron chi connectivity index (χ4n) is 1.74. The number of phenols is 4. The summed E-state index contributed by atoms with van der Waals surface area (Å²) in [4.78, 5) is 11.9. The lowest BCUT2D eigenvalue weighted by Crippen LogP contribution is -1.96. The Morgan fingerprint density at radius 2 is 1.57 bits per heavy atom. The van der Waals surface area contributed by atoms with Crippen molar-refractivity contribution in [1.82, 2.24) is 0 Å². The van der Waals surface area contributed by atoms with Gasteiger partial charge in [0.1, 0.15) is 28.6 Å². The van der Waals surface area contributed by atoms with Crippen molar-refractivity contribution in [2.75, 3.05) is 0 Å². The number of rotatable bonds is 3. The number of allylic oxidation sites excluding steroid dienone is 1. The topological polar surface area (TPSA) is 121 Å². The molecule has 0 aliphatic rings. The summed E-state index contributed by atoms with van der Waals surface area (Å²) in [5, 5.41) is 48.6. The fourth-order valence-corrected chi connectivity index (χ4v) is 1.74. The molecule has 0 saturated carbocycles. The molecule has 2 aromatic rings. The largest absolute Gasteiger partial charge is 0.870 e. The molecule has 0 aliphatic heterocycles. The summed E-state index contributed by atoms with van der Waals surface area (Å²) in [7, 11) is 0. The van der Waals surface area contributed by atoms with Crippen molar-refractivity contribution in [3.63, 3.8) is 0 Å². The van der Waals surface area contributed by atoms with Gasteiger partial charge in [0.25, 0.3) is 0 Å². The van der Waals surface area contributed by atoms with Gasteiger partial charge in [-0.15, -0.1) is 0 Å². The summed E-state index contributed by atoms with van der Waals surface area (Å²) in [6, 6.07) is 5.59. The lowest BCUT2D eigenvalue weighted by Gasteiger charge is -2.08. The zero-order chi connectivity index (χ0) is 15.6. The highest BCUT2D eigenvalue weighted by molar-refractivity contribution is 6.10. The standard InChI is InChI=1S/C15H12O6/c16-9-6-13(20)15(14(21)7-9)11(18)4-2-8-1-3-10(17)12(19)5-8/h1-7,16-17,19-21H/p-1. The van der Waals surface area contributed by atoms with Crippen LogP contribution in [0.3, 0.4) is 0 Å². The summed E-state index contributed by atoms with van der Waals surface area (Å²) in [6.45, 7) is 0. The van der Waals surface area contributed by atoms with Crippen molar-refractivity contribution in [1.29, 1.82) is 0 Å². The van der Waals surface area contributed by atoms with E-state index in [1.807, 2.05) is 0 Å². The molecule has 2 aromatic carbocycles. The summed E-state index contributed by atoms with van der Waals surface area (Å²) < 4.78 is 0. The fraction of sp³-hybridized carbons (Fsp3) is 0. The van der Waals surface area contributed by atoms with Gasteiger partial charge < -0.3 is 25.5 Å². The summed E-state index contributed by atoms with van der Waals surface area (Å²) in [6.07, 6.45) is 2.37. The molecule has 6 nitrogen and oxygen atoms in total. The molecule has 0 aliphatic carbocycles. The third-order valence-electron chi connectivity index (χ3n) is 2.74. The summed E-state index contributed by atoms with van der Waals surface area (Å²) in [5.41, 5.74) is 0.0481. The van der Waals surface area contributed by atoms with E-state index in [1.54, 1.807) is 0 Å². The molecule has 108 valence electrons. The molecule has 0 bridgehead atoms. The van der Waals surface area contributed by atoms with E-state index in [1.165, 1.54) is 18.2 Å². The van der Waals surface area contributed by atoms with Crippen LogP contribution in [0.15, 0.2) is 36.4 Å². The minimum Gasteiger partial charge on any atom is -0.870 e. The van der Waals surface area contributed by atoms with Crippen molar-refractivity contribution >= 4 is 11.9 Å². The van der Waals surface area contributed by atoms with E-state index >= 15 is 0 Å². The lowest BCUT2D eigenvalue weighted by atomic mass is 10.1. The average Bonchev–Trinajstić information content (AvgIpc) is 2.39. The molecule has 0 aromatic heterocycles. The molecule has 0 unspecified atom stereocenters. The first-order valence-electron chi connectivity index (χ1n) is 5.86. The Hall–Kier alpha value is -3.15. The van der Waals surface area contributed by atoms with Gasteiger partial charge in [0.05, 0.1) is 0 Å². The SMILES string of the molecule is O=C(C=Cc1ccc([O-])c(O)c1)c1c(O)cc(O)cc1O. The number of carbonyl (C=O) groups is 1. The van der Waals surface area contributed by atoms with Crippen LogP contribution in [0, 0.1) is 0 Å². The van der Waals surface area contributed by atoms with Crippen molar-refractivity contribution < 1.29 is 30.3 Å². The Bertz CT molecular complexity index is 710. The van der Waals surface area contributed by atoms with E-state index < -0.39 is 28.8 Å². The number of hydrogen-bond acceptors (Lipinski definition) is 6. The summed E-state index contributed by atoms with van der Waals surface area (Å²) >= 11 is 0. The number of hydrogen-bond donors (Lipinski definition) is 4. The third kappa shape index (κ3) is 3.06. The van der Waals surface area contributed by atoms with Crippen molar-refractivity contribution in [3.8, 4) is 28.7 Å². The van der Waals surface area contributed by atoms with Crippen LogP contribution >= 0.6 is 0 Å². The van der Waals surface area contributed by atoms with Crippen LogP contribution in [0.1, 0.15) is 15.9 Å². The first-order chi connectivity index (χ1) is 9.88. The predicted molar refractivity (Wildman–Crippen MR) is 72.4 cm³/mol. The van der Waals surface area contributed by atoms with Crippen molar-refractivity contribution in [3.05, 3.63) is 47.5 Å². The normalized spacial score (nSPS) is 10.9. The second kappa shape index (κ2) is 5.46. The Balaban J connectivity index is 2.29. The number of ketones is 1. The molecule has 0 atom stereocenters. The first kappa shape index (κ1) is 14.3. The van der Waals surface area contributed by atoms with E-state index in [0.717, 1.165) is 24.3 Å². The van der Waals surface area contributed by atoms with Gasteiger partial charge in [-0.25, -0.2) is 0 Å². The number of phenolic OH excluding ortho intramolecular Hbond substituents is 4. The Kier molecular flexibility index (Phi) is 3.71. The Morgan fingerprint density at radius 3 is 2.14 bits per heavy atom. The monoisotopic (exact) mass is 287 g/mol. The number of carbonyl (C=O) groups excluding carboxylic acids is 1. The van der Waals surface area contributed by atoms with Crippen LogP contribution in [-0.2, 0) is 0 Å². The molecule has 0 spiro atoms. The molecular weight excluding hydrogens is 276 g/mol. The molecule has 2 rings (SSSR count). The molecule has 21 heavy (non-hydrogen) atoms. The molecular formula is C15H11O6-. The van der Waals surface area contributed by atoms with Crippen molar-refractivity contribution in [2.45, 2.75) is 0 Å². The zero-order valence-electron chi connectivity index (χ0n) is 10.6. The van der Waals surface area contributed by atoms with E-state index in [9.17, 15) is 25.2 Å². The second-order valence-corrected chi connectivity index (χ2v) is 4.28. The van der Waals surface area contributed by atoms with Crippen LogP contribution in [0.4, 0.5) is 0 Å². The molecule has 0 amide bonds. The lowest BCUT2D eigenvalue weighted by molar-refractivity contribution is -0.270. The second-order valence-electron chi connectivity index (χ2n) is 4.28. The maximum Gasteiger partial charge on any atom is 0.193 e. The maximum absolute atomic E-state index is 11.9. The molecule has 0 radical (unpaired) electrons. The van der Waals surface area contributed by atoms with Crippen molar-refractivity contribution in [2.24, 2.45) is 0 Å². The van der Waals surface area contributed by atoms with Gasteiger partial charge in [0.15, 0.2) is 5.78 Å². The van der Waals surface area contributed by atoms with Gasteiger partial charge in [-0.2, -0.15) is 0 Å². The van der Waals surface area contributed by atoms with E-state index in [-0.39, 0.29) is 11.3 Å². The molecule has 0 heterocycles. The van der Waals surface area contributed by atoms with Crippen LogP contribution in [0.25, 0.3) is 6.08 Å². The Morgan fingerprint density at radius 1 is 0.952 bits per heavy atom. The third-order valence-corrected chi connectivity index (χ3v) is 2.74. The van der Waals surface area contributed by atoms with Gasteiger partial charge in [0, 0.05) is 12.1 Å². The average molecular weight is 287 g/mol. The molecule has 0 fully saturated rings. The van der Waals surface area contributed by atoms with Crippen LogP contribution in [0.2, 0.25) is 0 Å². The summed E-state index contributed by atoms with van der Waals surface area (Å²) in [5.74, 6) is -3.16. The highest BCUT2D eigenvalue weighted by atomic mass is 16.3. The van der Waals surface area contributed by atoms with E-state index in [0.29, 0.717) is 5.56 Å². The smallest absolute Gasteiger partial charge is 0.193 e. The molecule has 6 heteroatoms. The number of benzene rings is 2. The van der Waals surface area contributed by atoms with Gasteiger partial charge in [-0.1, -0.05) is 24.0 Å². The minimum absolute atomic E-state index is 0.353.